The molecule has 5 nitrogen and oxygen atoms in total. The lowest BCUT2D eigenvalue weighted by atomic mass is 9.95. The van der Waals surface area contributed by atoms with Gasteiger partial charge >= 0.3 is 6.09 Å². The number of benzene rings is 1. The molecule has 2 fully saturated rings. The Hall–Kier alpha value is -2.11. The highest BCUT2D eigenvalue weighted by molar-refractivity contribution is 5.83. The Morgan fingerprint density at radius 2 is 1.78 bits per heavy atom. The van der Waals surface area contributed by atoms with Crippen molar-refractivity contribution in [3.05, 3.63) is 35.6 Å². The van der Waals surface area contributed by atoms with Crippen LogP contribution in [0, 0.1) is 17.7 Å². The normalized spacial score (nSPS) is 23.9. The van der Waals surface area contributed by atoms with E-state index in [4.69, 9.17) is 4.74 Å². The van der Waals surface area contributed by atoms with Crippen LogP contribution in [0.25, 0.3) is 0 Å². The van der Waals surface area contributed by atoms with Gasteiger partial charge in [0.05, 0.1) is 5.54 Å². The molecule has 0 radical (unpaired) electrons. The van der Waals surface area contributed by atoms with Crippen LogP contribution in [0.2, 0.25) is 0 Å². The van der Waals surface area contributed by atoms with E-state index in [1.54, 1.807) is 12.1 Å². The summed E-state index contributed by atoms with van der Waals surface area (Å²) in [5.74, 6) is 0.155. The molecule has 2 amide bonds. The van der Waals surface area contributed by atoms with Gasteiger partial charge in [-0.25, -0.2) is 9.18 Å². The third-order valence-electron chi connectivity index (χ3n) is 5.31. The molecule has 0 aliphatic heterocycles. The van der Waals surface area contributed by atoms with E-state index in [2.05, 4.69) is 10.6 Å². The summed E-state index contributed by atoms with van der Waals surface area (Å²) in [5.41, 5.74) is -0.0413. The maximum atomic E-state index is 13.1. The molecule has 1 aromatic rings. The highest BCUT2D eigenvalue weighted by Gasteiger charge is 2.49. The molecule has 2 aliphatic rings. The van der Waals surface area contributed by atoms with Crippen LogP contribution in [0.1, 0.15) is 58.4 Å². The molecule has 0 bridgehead atoms. The molecule has 6 heteroatoms. The molecule has 2 saturated carbocycles. The fraction of sp³-hybridized carbons (Fsp3) is 0.619. The van der Waals surface area contributed by atoms with Gasteiger partial charge < -0.3 is 15.4 Å². The van der Waals surface area contributed by atoms with Gasteiger partial charge in [0.15, 0.2) is 0 Å². The molecule has 0 aromatic heterocycles. The van der Waals surface area contributed by atoms with Gasteiger partial charge in [-0.15, -0.1) is 0 Å². The minimum atomic E-state index is -0.556. The smallest absolute Gasteiger partial charge is 0.407 e. The fourth-order valence-electron chi connectivity index (χ4n) is 3.52. The number of rotatable bonds is 6. The molecule has 0 heterocycles. The minimum Gasteiger partial charge on any atom is -0.444 e. The largest absolute Gasteiger partial charge is 0.444 e. The Balaban J connectivity index is 1.55. The first-order chi connectivity index (χ1) is 12.6. The summed E-state index contributed by atoms with van der Waals surface area (Å²) in [5, 5.41) is 5.96. The Kier molecular flexibility index (Phi) is 5.19. The Morgan fingerprint density at radius 3 is 2.33 bits per heavy atom. The van der Waals surface area contributed by atoms with E-state index < -0.39 is 17.2 Å². The molecule has 1 aromatic carbocycles. The fourth-order valence-corrected chi connectivity index (χ4v) is 3.52. The van der Waals surface area contributed by atoms with Crippen molar-refractivity contribution in [1.29, 1.82) is 0 Å². The predicted octanol–water partition coefficient (Wildman–Crippen LogP) is 3.74. The predicted molar refractivity (Wildman–Crippen MR) is 101 cm³/mol. The van der Waals surface area contributed by atoms with Gasteiger partial charge in [-0.2, -0.15) is 0 Å². The lowest BCUT2D eigenvalue weighted by Crippen LogP contribution is -2.56. The maximum absolute atomic E-state index is 13.1. The van der Waals surface area contributed by atoms with E-state index in [0.29, 0.717) is 12.5 Å². The number of hydrogen-bond donors (Lipinski definition) is 2. The molecule has 2 aliphatic carbocycles. The van der Waals surface area contributed by atoms with Crippen LogP contribution in [0.3, 0.4) is 0 Å². The molecule has 3 unspecified atom stereocenters. The second kappa shape index (κ2) is 7.13. The van der Waals surface area contributed by atoms with E-state index in [9.17, 15) is 14.0 Å². The van der Waals surface area contributed by atoms with Crippen LogP contribution in [-0.4, -0.2) is 29.7 Å². The summed E-state index contributed by atoms with van der Waals surface area (Å²) >= 11 is 0. The molecular weight excluding hydrogens is 347 g/mol. The lowest BCUT2D eigenvalue weighted by molar-refractivity contribution is -0.124. The molecule has 27 heavy (non-hydrogen) atoms. The standard InChI is InChI=1S/C21H29FN2O3/c1-20(2,3)27-19(26)23-12-21(4,14-7-8-14)24-18(25)17-11-16(17)13-5-9-15(22)10-6-13/h5-6,9-10,14,16-17H,7-8,11-12H2,1-4H3,(H,23,26)(H,24,25). The molecule has 3 atom stereocenters. The number of ether oxygens (including phenoxy) is 1. The number of nitrogens with one attached hydrogen (secondary N) is 2. The SMILES string of the molecule is CC(C)(C)OC(=O)NCC(C)(NC(=O)C1CC1c1ccc(F)cc1)C1CC1. The minimum absolute atomic E-state index is 0.00436. The first kappa shape index (κ1) is 19.6. The second-order valence-corrected chi connectivity index (χ2v) is 9.04. The highest BCUT2D eigenvalue weighted by atomic mass is 19.1. The van der Waals surface area contributed by atoms with Crippen molar-refractivity contribution in [3.8, 4) is 0 Å². The van der Waals surface area contributed by atoms with Gasteiger partial charge in [0, 0.05) is 12.5 Å². The van der Waals surface area contributed by atoms with Crippen LogP contribution < -0.4 is 10.6 Å². The summed E-state index contributed by atoms with van der Waals surface area (Å²) in [7, 11) is 0. The summed E-state index contributed by atoms with van der Waals surface area (Å²) in [6.07, 6.45) is 2.38. The van der Waals surface area contributed by atoms with Crippen molar-refractivity contribution in [2.24, 2.45) is 11.8 Å². The zero-order valence-electron chi connectivity index (χ0n) is 16.5. The van der Waals surface area contributed by atoms with Crippen LogP contribution in [-0.2, 0) is 9.53 Å². The third kappa shape index (κ3) is 5.21. The number of carbonyl (C=O) groups is 2. The van der Waals surface area contributed by atoms with E-state index >= 15 is 0 Å². The van der Waals surface area contributed by atoms with E-state index in [1.165, 1.54) is 12.1 Å². The maximum Gasteiger partial charge on any atom is 0.407 e. The molecular formula is C21H29FN2O3. The van der Waals surface area contributed by atoms with Gasteiger partial charge in [-0.05, 0) is 76.5 Å². The van der Waals surface area contributed by atoms with Crippen molar-refractivity contribution in [3.63, 3.8) is 0 Å². The molecule has 148 valence electrons. The molecule has 0 saturated heterocycles. The highest BCUT2D eigenvalue weighted by Crippen LogP contribution is 2.48. The first-order valence-corrected chi connectivity index (χ1v) is 9.62. The van der Waals surface area contributed by atoms with Crippen molar-refractivity contribution >= 4 is 12.0 Å². The Bertz CT molecular complexity index is 709. The summed E-state index contributed by atoms with van der Waals surface area (Å²) in [6.45, 7) is 7.77. The molecule has 2 N–H and O–H groups in total. The van der Waals surface area contributed by atoms with Gasteiger partial charge in [-0.3, -0.25) is 4.79 Å². The monoisotopic (exact) mass is 376 g/mol. The zero-order valence-corrected chi connectivity index (χ0v) is 16.5. The number of halogens is 1. The van der Waals surface area contributed by atoms with Crippen LogP contribution in [0.5, 0.6) is 0 Å². The Labute approximate surface area is 160 Å². The second-order valence-electron chi connectivity index (χ2n) is 9.04. The number of alkyl carbamates (subject to hydrolysis) is 1. The average Bonchev–Trinajstić information content (AvgIpc) is 3.45. The van der Waals surface area contributed by atoms with Crippen molar-refractivity contribution in [2.45, 2.75) is 64.0 Å². The zero-order chi connectivity index (χ0) is 19.8. The molecule has 0 spiro atoms. The van der Waals surface area contributed by atoms with Crippen molar-refractivity contribution < 1.29 is 18.7 Å². The molecule has 3 rings (SSSR count). The number of hydrogen-bond acceptors (Lipinski definition) is 3. The first-order valence-electron chi connectivity index (χ1n) is 9.62. The number of amides is 2. The van der Waals surface area contributed by atoms with Gasteiger partial charge in [0.25, 0.3) is 0 Å². The third-order valence-corrected chi connectivity index (χ3v) is 5.31. The Morgan fingerprint density at radius 1 is 1.15 bits per heavy atom. The average molecular weight is 376 g/mol. The topological polar surface area (TPSA) is 67.4 Å². The number of carbonyl (C=O) groups excluding carboxylic acids is 2. The van der Waals surface area contributed by atoms with Crippen molar-refractivity contribution in [1.82, 2.24) is 10.6 Å². The van der Waals surface area contributed by atoms with Crippen LogP contribution in [0.4, 0.5) is 9.18 Å². The summed E-state index contributed by atoms with van der Waals surface area (Å²) in [4.78, 5) is 24.7. The van der Waals surface area contributed by atoms with Gasteiger partial charge in [0.1, 0.15) is 11.4 Å². The lowest BCUT2D eigenvalue weighted by Gasteiger charge is -2.32. The van der Waals surface area contributed by atoms with E-state index in [0.717, 1.165) is 24.8 Å². The van der Waals surface area contributed by atoms with Crippen LogP contribution >= 0.6 is 0 Å². The van der Waals surface area contributed by atoms with Crippen LogP contribution in [0.15, 0.2) is 24.3 Å². The quantitative estimate of drug-likeness (QED) is 0.795. The summed E-state index contributed by atoms with van der Waals surface area (Å²) in [6, 6.07) is 6.36. The summed E-state index contributed by atoms with van der Waals surface area (Å²) < 4.78 is 18.4. The van der Waals surface area contributed by atoms with Gasteiger partial charge in [-0.1, -0.05) is 12.1 Å². The van der Waals surface area contributed by atoms with Crippen molar-refractivity contribution in [2.75, 3.05) is 6.54 Å². The van der Waals surface area contributed by atoms with E-state index in [-0.39, 0.29) is 23.6 Å². The van der Waals surface area contributed by atoms with Gasteiger partial charge in [0.2, 0.25) is 5.91 Å². The van der Waals surface area contributed by atoms with E-state index in [1.807, 2.05) is 27.7 Å².